The number of ether oxygens (including phenoxy) is 2. The molecule has 1 aliphatic heterocycles. The summed E-state index contributed by atoms with van der Waals surface area (Å²) in [5, 5.41) is 9.92. The monoisotopic (exact) mass is 363 g/mol. The van der Waals surface area contributed by atoms with Crippen molar-refractivity contribution in [3.63, 3.8) is 0 Å². The predicted octanol–water partition coefficient (Wildman–Crippen LogP) is 4.23. The van der Waals surface area contributed by atoms with E-state index >= 15 is 0 Å². The summed E-state index contributed by atoms with van der Waals surface area (Å²) >= 11 is 7.82. The lowest BCUT2D eigenvalue weighted by atomic mass is 10.2. The Hall–Kier alpha value is -2.12. The van der Waals surface area contributed by atoms with Gasteiger partial charge in [0.2, 0.25) is 6.79 Å². The number of furan rings is 1. The van der Waals surface area contributed by atoms with Crippen LogP contribution in [-0.2, 0) is 12.3 Å². The molecule has 0 fully saturated rings. The second kappa shape index (κ2) is 6.41. The van der Waals surface area contributed by atoms with Gasteiger partial charge in [-0.1, -0.05) is 23.4 Å². The van der Waals surface area contributed by atoms with Crippen LogP contribution in [0.25, 0.3) is 11.6 Å². The highest BCUT2D eigenvalue weighted by Gasteiger charge is 2.19. The largest absolute Gasteiger partial charge is 0.461 e. The van der Waals surface area contributed by atoms with E-state index in [-0.39, 0.29) is 6.79 Å². The second-order valence-electron chi connectivity index (χ2n) is 5.13. The van der Waals surface area contributed by atoms with Crippen molar-refractivity contribution in [2.45, 2.75) is 24.4 Å². The number of rotatable bonds is 5. The fraction of sp³-hybridized carbons (Fsp3) is 0.250. The number of aromatic nitrogens is 3. The molecule has 1 aliphatic rings. The van der Waals surface area contributed by atoms with Crippen LogP contribution < -0.4 is 9.47 Å². The van der Waals surface area contributed by atoms with Crippen LogP contribution in [0.3, 0.4) is 0 Å². The molecule has 6 nitrogen and oxygen atoms in total. The molecule has 3 aromatic rings. The van der Waals surface area contributed by atoms with E-state index in [1.54, 1.807) is 18.0 Å². The molecule has 1 aromatic carbocycles. The Morgan fingerprint density at radius 1 is 1.29 bits per heavy atom. The number of hydrogen-bond donors (Lipinski definition) is 0. The Balaban J connectivity index is 1.55. The summed E-state index contributed by atoms with van der Waals surface area (Å²) in [5.74, 6) is 3.44. The number of benzene rings is 1. The zero-order valence-electron chi connectivity index (χ0n) is 12.9. The predicted molar refractivity (Wildman–Crippen MR) is 90.5 cm³/mol. The molecular weight excluding hydrogens is 350 g/mol. The minimum Gasteiger partial charge on any atom is -0.461 e. The fourth-order valence-corrected chi connectivity index (χ4v) is 3.74. The van der Waals surface area contributed by atoms with Crippen LogP contribution in [0.4, 0.5) is 0 Å². The highest BCUT2D eigenvalue weighted by Crippen LogP contribution is 2.41. The highest BCUT2D eigenvalue weighted by molar-refractivity contribution is 7.98. The number of hydrogen-bond acceptors (Lipinski definition) is 6. The Kier molecular flexibility index (Phi) is 4.12. The normalized spacial score (nSPS) is 12.8. The van der Waals surface area contributed by atoms with Crippen molar-refractivity contribution in [2.24, 2.45) is 0 Å². The molecule has 0 saturated carbocycles. The number of halogens is 1. The third-order valence-corrected chi connectivity index (χ3v) is 4.95. The molecule has 3 heterocycles. The van der Waals surface area contributed by atoms with Gasteiger partial charge in [0.25, 0.3) is 0 Å². The van der Waals surface area contributed by atoms with Gasteiger partial charge in [-0.25, -0.2) is 0 Å². The van der Waals surface area contributed by atoms with Crippen LogP contribution in [0.2, 0.25) is 5.02 Å². The lowest BCUT2D eigenvalue weighted by Crippen LogP contribution is -1.99. The maximum absolute atomic E-state index is 6.23. The Morgan fingerprint density at radius 3 is 3.00 bits per heavy atom. The van der Waals surface area contributed by atoms with Crippen molar-refractivity contribution in [1.29, 1.82) is 0 Å². The van der Waals surface area contributed by atoms with Gasteiger partial charge in [0.15, 0.2) is 28.2 Å². The SMILES string of the molecule is CCn1c(SCc2cc(Cl)c3c(c2)OCO3)nnc1-c1ccco1. The average Bonchev–Trinajstić information content (AvgIpc) is 3.31. The highest BCUT2D eigenvalue weighted by atomic mass is 35.5. The molecule has 0 atom stereocenters. The third-order valence-electron chi connectivity index (χ3n) is 3.63. The molecule has 2 aromatic heterocycles. The molecule has 0 saturated heterocycles. The minimum absolute atomic E-state index is 0.211. The molecule has 0 radical (unpaired) electrons. The maximum Gasteiger partial charge on any atom is 0.231 e. The molecule has 24 heavy (non-hydrogen) atoms. The van der Waals surface area contributed by atoms with E-state index in [0.717, 1.165) is 23.1 Å². The first-order valence-electron chi connectivity index (χ1n) is 7.44. The molecule has 0 unspecified atom stereocenters. The summed E-state index contributed by atoms with van der Waals surface area (Å²) in [6, 6.07) is 7.55. The van der Waals surface area contributed by atoms with Crippen molar-refractivity contribution in [2.75, 3.05) is 6.79 Å². The smallest absolute Gasteiger partial charge is 0.231 e. The zero-order chi connectivity index (χ0) is 16.5. The van der Waals surface area contributed by atoms with E-state index in [9.17, 15) is 0 Å². The van der Waals surface area contributed by atoms with Gasteiger partial charge in [0.05, 0.1) is 11.3 Å². The quantitative estimate of drug-likeness (QED) is 0.632. The summed E-state index contributed by atoms with van der Waals surface area (Å²) in [4.78, 5) is 0. The maximum atomic E-state index is 6.23. The first-order chi connectivity index (χ1) is 11.8. The molecule has 0 bridgehead atoms. The van der Waals surface area contributed by atoms with Crippen LogP contribution >= 0.6 is 23.4 Å². The number of fused-ring (bicyclic) bond motifs is 1. The third kappa shape index (κ3) is 2.74. The summed E-state index contributed by atoms with van der Waals surface area (Å²) < 4.78 is 18.2. The lowest BCUT2D eigenvalue weighted by Gasteiger charge is -2.07. The lowest BCUT2D eigenvalue weighted by molar-refractivity contribution is 0.174. The molecule has 4 rings (SSSR count). The topological polar surface area (TPSA) is 62.3 Å². The van der Waals surface area contributed by atoms with Gasteiger partial charge in [-0.3, -0.25) is 4.57 Å². The van der Waals surface area contributed by atoms with Crippen molar-refractivity contribution >= 4 is 23.4 Å². The molecule has 0 aliphatic carbocycles. The Labute approximate surface area is 147 Å². The Bertz CT molecular complexity index is 864. The molecule has 124 valence electrons. The van der Waals surface area contributed by atoms with Gasteiger partial charge in [-0.05, 0) is 36.8 Å². The summed E-state index contributed by atoms with van der Waals surface area (Å²) in [5.41, 5.74) is 1.04. The van der Waals surface area contributed by atoms with Crippen molar-refractivity contribution in [3.8, 4) is 23.1 Å². The van der Waals surface area contributed by atoms with E-state index in [0.29, 0.717) is 28.0 Å². The number of nitrogens with zero attached hydrogens (tertiary/aromatic N) is 3. The van der Waals surface area contributed by atoms with Gasteiger partial charge >= 0.3 is 0 Å². The zero-order valence-corrected chi connectivity index (χ0v) is 14.4. The summed E-state index contributed by atoms with van der Waals surface area (Å²) in [7, 11) is 0. The van der Waals surface area contributed by atoms with Gasteiger partial charge in [0.1, 0.15) is 0 Å². The van der Waals surface area contributed by atoms with E-state index in [1.165, 1.54) is 0 Å². The van der Waals surface area contributed by atoms with Crippen LogP contribution in [-0.4, -0.2) is 21.6 Å². The van der Waals surface area contributed by atoms with Crippen LogP contribution in [0.15, 0.2) is 40.1 Å². The summed E-state index contributed by atoms with van der Waals surface area (Å²) in [6.45, 7) is 3.02. The van der Waals surface area contributed by atoms with Crippen LogP contribution in [0.5, 0.6) is 11.5 Å². The molecule has 8 heteroatoms. The average molecular weight is 364 g/mol. The van der Waals surface area contributed by atoms with E-state index in [2.05, 4.69) is 17.1 Å². The molecular formula is C16H14ClN3O3S. The van der Waals surface area contributed by atoms with Crippen LogP contribution in [0, 0.1) is 0 Å². The van der Waals surface area contributed by atoms with Crippen molar-refractivity contribution in [3.05, 3.63) is 41.1 Å². The van der Waals surface area contributed by atoms with E-state index < -0.39 is 0 Å². The van der Waals surface area contributed by atoms with E-state index in [4.69, 9.17) is 25.5 Å². The number of thioether (sulfide) groups is 1. The Morgan fingerprint density at radius 2 is 2.21 bits per heavy atom. The first-order valence-corrected chi connectivity index (χ1v) is 8.80. The van der Waals surface area contributed by atoms with Gasteiger partial charge in [0, 0.05) is 12.3 Å². The van der Waals surface area contributed by atoms with E-state index in [1.807, 2.05) is 28.8 Å². The van der Waals surface area contributed by atoms with Gasteiger partial charge in [-0.15, -0.1) is 10.2 Å². The molecule has 0 spiro atoms. The fourth-order valence-electron chi connectivity index (χ4n) is 2.52. The van der Waals surface area contributed by atoms with Gasteiger partial charge < -0.3 is 13.9 Å². The first kappa shape index (κ1) is 15.4. The molecule has 0 N–H and O–H groups in total. The van der Waals surface area contributed by atoms with Crippen LogP contribution in [0.1, 0.15) is 12.5 Å². The molecule has 0 amide bonds. The van der Waals surface area contributed by atoms with Crippen molar-refractivity contribution in [1.82, 2.24) is 14.8 Å². The van der Waals surface area contributed by atoms with Crippen molar-refractivity contribution < 1.29 is 13.9 Å². The van der Waals surface area contributed by atoms with Gasteiger partial charge in [-0.2, -0.15) is 0 Å². The minimum atomic E-state index is 0.211. The summed E-state index contributed by atoms with van der Waals surface area (Å²) in [6.07, 6.45) is 1.63. The standard InChI is InChI=1S/C16H14ClN3O3S/c1-2-20-15(12-4-3-5-21-12)18-19-16(20)24-8-10-6-11(17)14-13(7-10)22-9-23-14/h3-7H,2,8-9H2,1H3. The second-order valence-corrected chi connectivity index (χ2v) is 6.48.